The summed E-state index contributed by atoms with van der Waals surface area (Å²) in [6.07, 6.45) is 4.04. The lowest BCUT2D eigenvalue weighted by Crippen LogP contribution is -2.49. The first-order valence-electron chi connectivity index (χ1n) is 10.8. The molecule has 0 saturated carbocycles. The Kier molecular flexibility index (Phi) is 3.94. The first-order valence-corrected chi connectivity index (χ1v) is 10.8. The standard InChI is InChI=1S/C24H24N4O2/c29-22-11-17(16-5-2-1-3-6-16)10-21-18-9-15(13-28(21)22)12-27(14-18)24(30)23-19-7-4-8-20(19)25-26-23/h1-3,5-6,10-11,15,18H,4,7-9,12-14H2,(H,25,26)/t15-,18+/m0/s1. The van der Waals surface area contributed by atoms with Crippen molar-refractivity contribution in [3.63, 3.8) is 0 Å². The minimum atomic E-state index is 0.0408. The number of aromatic amines is 1. The molecule has 30 heavy (non-hydrogen) atoms. The highest BCUT2D eigenvalue weighted by Gasteiger charge is 2.38. The summed E-state index contributed by atoms with van der Waals surface area (Å²) in [7, 11) is 0. The van der Waals surface area contributed by atoms with Crippen LogP contribution in [0, 0.1) is 5.92 Å². The number of benzene rings is 1. The van der Waals surface area contributed by atoms with Crippen molar-refractivity contribution in [2.45, 2.75) is 38.1 Å². The number of hydrogen-bond acceptors (Lipinski definition) is 3. The molecule has 2 atom stereocenters. The molecule has 3 aliphatic rings. The molecule has 1 fully saturated rings. The van der Waals surface area contributed by atoms with E-state index >= 15 is 0 Å². The van der Waals surface area contributed by atoms with E-state index in [1.54, 1.807) is 6.07 Å². The maximum atomic E-state index is 13.3. The van der Waals surface area contributed by atoms with Crippen molar-refractivity contribution in [1.82, 2.24) is 19.7 Å². The molecule has 1 amide bonds. The third-order valence-electron chi connectivity index (χ3n) is 6.96. The number of rotatable bonds is 2. The van der Waals surface area contributed by atoms with Crippen LogP contribution in [0.25, 0.3) is 11.1 Å². The van der Waals surface area contributed by atoms with Crippen molar-refractivity contribution < 1.29 is 4.79 Å². The summed E-state index contributed by atoms with van der Waals surface area (Å²) in [5.74, 6) is 0.538. The van der Waals surface area contributed by atoms with Crippen molar-refractivity contribution in [1.29, 1.82) is 0 Å². The zero-order valence-corrected chi connectivity index (χ0v) is 16.8. The molecular formula is C24H24N4O2. The molecule has 2 aliphatic heterocycles. The minimum absolute atomic E-state index is 0.0408. The molecule has 3 aromatic rings. The maximum absolute atomic E-state index is 13.3. The minimum Gasteiger partial charge on any atom is -0.336 e. The van der Waals surface area contributed by atoms with Gasteiger partial charge in [0.2, 0.25) is 0 Å². The van der Waals surface area contributed by atoms with Gasteiger partial charge in [-0.25, -0.2) is 0 Å². The van der Waals surface area contributed by atoms with Crippen LogP contribution in [0.2, 0.25) is 0 Å². The first kappa shape index (κ1) is 17.7. The van der Waals surface area contributed by atoms with Crippen molar-refractivity contribution in [3.8, 4) is 11.1 Å². The number of aryl methyl sites for hydroxylation is 1. The number of aromatic nitrogens is 3. The fourth-order valence-electron chi connectivity index (χ4n) is 5.57. The van der Waals surface area contributed by atoms with Crippen LogP contribution in [-0.4, -0.2) is 38.7 Å². The van der Waals surface area contributed by atoms with Crippen LogP contribution in [0.5, 0.6) is 0 Å². The van der Waals surface area contributed by atoms with Gasteiger partial charge in [-0.3, -0.25) is 14.7 Å². The number of pyridine rings is 1. The van der Waals surface area contributed by atoms with E-state index in [1.807, 2.05) is 39.8 Å². The summed E-state index contributed by atoms with van der Waals surface area (Å²) in [4.78, 5) is 28.2. The predicted octanol–water partition coefficient (Wildman–Crippen LogP) is 2.99. The van der Waals surface area contributed by atoms with Crippen LogP contribution in [0.15, 0.2) is 47.3 Å². The molecule has 6 heteroatoms. The van der Waals surface area contributed by atoms with E-state index < -0.39 is 0 Å². The fraction of sp³-hybridized carbons (Fsp3) is 0.375. The second kappa shape index (κ2) is 6.69. The van der Waals surface area contributed by atoms with Gasteiger partial charge in [0.1, 0.15) is 0 Å². The van der Waals surface area contributed by atoms with Crippen LogP contribution in [-0.2, 0) is 19.4 Å². The molecule has 6 nitrogen and oxygen atoms in total. The lowest BCUT2D eigenvalue weighted by atomic mass is 9.82. The average Bonchev–Trinajstić information content (AvgIpc) is 3.38. The maximum Gasteiger partial charge on any atom is 0.274 e. The Bertz CT molecular complexity index is 1190. The van der Waals surface area contributed by atoms with Crippen molar-refractivity contribution in [2.24, 2.45) is 5.92 Å². The topological polar surface area (TPSA) is 71.0 Å². The van der Waals surface area contributed by atoms with Crippen LogP contribution >= 0.6 is 0 Å². The van der Waals surface area contributed by atoms with Gasteiger partial charge >= 0.3 is 0 Å². The summed E-state index contributed by atoms with van der Waals surface area (Å²) < 4.78 is 1.93. The summed E-state index contributed by atoms with van der Waals surface area (Å²) in [5.41, 5.74) is 5.97. The predicted molar refractivity (Wildman–Crippen MR) is 114 cm³/mol. The van der Waals surface area contributed by atoms with E-state index in [4.69, 9.17) is 0 Å². The van der Waals surface area contributed by atoms with Gasteiger partial charge in [-0.2, -0.15) is 5.10 Å². The molecular weight excluding hydrogens is 376 g/mol. The molecule has 0 unspecified atom stereocenters. The fourth-order valence-corrected chi connectivity index (χ4v) is 5.57. The van der Waals surface area contributed by atoms with Gasteiger partial charge in [0.15, 0.2) is 5.69 Å². The molecule has 2 bridgehead atoms. The van der Waals surface area contributed by atoms with E-state index in [0.29, 0.717) is 31.2 Å². The summed E-state index contributed by atoms with van der Waals surface area (Å²) >= 11 is 0. The van der Waals surface area contributed by atoms with Gasteiger partial charge in [-0.05, 0) is 48.8 Å². The van der Waals surface area contributed by atoms with Crippen molar-refractivity contribution >= 4 is 5.91 Å². The molecule has 4 heterocycles. The number of H-pyrrole nitrogens is 1. The summed E-state index contributed by atoms with van der Waals surface area (Å²) in [5, 5.41) is 7.41. The van der Waals surface area contributed by atoms with Crippen LogP contribution in [0.1, 0.15) is 46.2 Å². The third kappa shape index (κ3) is 2.74. The molecule has 2 aromatic heterocycles. The lowest BCUT2D eigenvalue weighted by Gasteiger charge is -2.42. The Labute approximate surface area is 174 Å². The Balaban J connectivity index is 1.34. The third-order valence-corrected chi connectivity index (χ3v) is 6.96. The van der Waals surface area contributed by atoms with E-state index in [2.05, 4.69) is 16.3 Å². The number of nitrogens with one attached hydrogen (secondary N) is 1. The van der Waals surface area contributed by atoms with Gasteiger partial charge < -0.3 is 9.47 Å². The monoisotopic (exact) mass is 400 g/mol. The summed E-state index contributed by atoms with van der Waals surface area (Å²) in [6, 6.07) is 13.9. The van der Waals surface area contributed by atoms with E-state index in [9.17, 15) is 9.59 Å². The largest absolute Gasteiger partial charge is 0.336 e. The molecule has 6 rings (SSSR count). The molecule has 1 N–H and O–H groups in total. The number of nitrogens with zero attached hydrogens (tertiary/aromatic N) is 3. The smallest absolute Gasteiger partial charge is 0.274 e. The second-order valence-corrected chi connectivity index (χ2v) is 8.88. The van der Waals surface area contributed by atoms with Crippen LogP contribution in [0.3, 0.4) is 0 Å². The Hall–Kier alpha value is -3.15. The lowest BCUT2D eigenvalue weighted by molar-refractivity contribution is 0.0588. The zero-order chi connectivity index (χ0) is 20.2. The van der Waals surface area contributed by atoms with Gasteiger partial charge in [0.25, 0.3) is 11.5 Å². The molecule has 1 saturated heterocycles. The van der Waals surface area contributed by atoms with E-state index in [1.165, 1.54) is 0 Å². The molecule has 0 radical (unpaired) electrons. The Morgan fingerprint density at radius 1 is 1.03 bits per heavy atom. The molecule has 152 valence electrons. The molecule has 1 aliphatic carbocycles. The van der Waals surface area contributed by atoms with E-state index in [0.717, 1.165) is 53.8 Å². The molecule has 1 aromatic carbocycles. The Morgan fingerprint density at radius 3 is 2.77 bits per heavy atom. The number of likely N-dealkylation sites (tertiary alicyclic amines) is 1. The Morgan fingerprint density at radius 2 is 1.90 bits per heavy atom. The van der Waals surface area contributed by atoms with Gasteiger partial charge in [-0.1, -0.05) is 30.3 Å². The normalized spacial score (nSPS) is 21.9. The van der Waals surface area contributed by atoms with Gasteiger partial charge in [0.05, 0.1) is 0 Å². The number of amides is 1. The van der Waals surface area contributed by atoms with Crippen molar-refractivity contribution in [3.05, 3.63) is 75.5 Å². The molecule has 0 spiro atoms. The second-order valence-electron chi connectivity index (χ2n) is 8.88. The van der Waals surface area contributed by atoms with Gasteiger partial charge in [0, 0.05) is 48.6 Å². The van der Waals surface area contributed by atoms with Crippen LogP contribution in [0.4, 0.5) is 0 Å². The number of carbonyl (C=O) groups is 1. The van der Waals surface area contributed by atoms with Gasteiger partial charge in [-0.15, -0.1) is 0 Å². The number of fused-ring (bicyclic) bond motifs is 5. The first-order chi connectivity index (χ1) is 14.7. The quantitative estimate of drug-likeness (QED) is 0.719. The number of hydrogen-bond donors (Lipinski definition) is 1. The summed E-state index contributed by atoms with van der Waals surface area (Å²) in [6.45, 7) is 2.03. The van der Waals surface area contributed by atoms with E-state index in [-0.39, 0.29) is 17.4 Å². The zero-order valence-electron chi connectivity index (χ0n) is 16.8. The highest BCUT2D eigenvalue weighted by molar-refractivity contribution is 5.94. The SMILES string of the molecule is O=C(c1n[nH]c2c1CCC2)N1C[C@@H]2C[C@H](C1)c1cc(-c3ccccc3)cc(=O)n1C2. The highest BCUT2D eigenvalue weighted by atomic mass is 16.2. The highest BCUT2D eigenvalue weighted by Crippen LogP contribution is 2.37. The van der Waals surface area contributed by atoms with Crippen molar-refractivity contribution in [2.75, 3.05) is 13.1 Å². The number of carbonyl (C=O) groups excluding carboxylic acids is 1. The van der Waals surface area contributed by atoms with Crippen LogP contribution < -0.4 is 5.56 Å². The number of piperidine rings is 1. The average molecular weight is 400 g/mol.